The smallest absolute Gasteiger partial charge is 0.272 e. The highest BCUT2D eigenvalue weighted by Crippen LogP contribution is 2.27. The first-order valence-corrected chi connectivity index (χ1v) is 6.27. The van der Waals surface area contributed by atoms with E-state index in [4.69, 9.17) is 4.74 Å². The molecule has 0 amide bonds. The van der Waals surface area contributed by atoms with Crippen LogP contribution in [-0.4, -0.2) is 15.0 Å². The Morgan fingerprint density at radius 2 is 2.19 bits per heavy atom. The van der Waals surface area contributed by atoms with Gasteiger partial charge >= 0.3 is 0 Å². The van der Waals surface area contributed by atoms with Crippen LogP contribution in [0.3, 0.4) is 0 Å². The molecule has 0 saturated heterocycles. The molecule has 0 bridgehead atoms. The van der Waals surface area contributed by atoms with Gasteiger partial charge in [-0.05, 0) is 24.6 Å². The van der Waals surface area contributed by atoms with Gasteiger partial charge in [0.05, 0.1) is 29.0 Å². The van der Waals surface area contributed by atoms with Crippen molar-refractivity contribution >= 4 is 5.69 Å². The van der Waals surface area contributed by atoms with Gasteiger partial charge in [-0.1, -0.05) is 6.92 Å². The molecular formula is C14H13FN2O4. The third-order valence-corrected chi connectivity index (χ3v) is 2.84. The molecule has 7 heteroatoms. The summed E-state index contributed by atoms with van der Waals surface area (Å²) in [4.78, 5) is 13.8. The Labute approximate surface area is 120 Å². The topological polar surface area (TPSA) is 85.5 Å². The molecule has 0 saturated carbocycles. The fourth-order valence-corrected chi connectivity index (χ4v) is 1.67. The highest BCUT2D eigenvalue weighted by molar-refractivity contribution is 5.39. The third kappa shape index (κ3) is 3.51. The van der Waals surface area contributed by atoms with Gasteiger partial charge in [-0.3, -0.25) is 15.1 Å². The standard InChI is InChI=1S/C14H13FN2O4/c1-2-13(18)12-5-4-10(8-16-12)21-14-6-3-9(17(19)20)7-11(14)15/h3-8,13,18H,2H2,1H3/t13-/m0/s1. The molecule has 110 valence electrons. The number of aliphatic hydroxyl groups is 1. The number of benzene rings is 1. The number of aliphatic hydroxyl groups excluding tert-OH is 1. The third-order valence-electron chi connectivity index (χ3n) is 2.84. The van der Waals surface area contributed by atoms with E-state index in [1.165, 1.54) is 12.3 Å². The van der Waals surface area contributed by atoms with Crippen molar-refractivity contribution < 1.29 is 19.2 Å². The molecule has 1 N–H and O–H groups in total. The number of halogens is 1. The van der Waals surface area contributed by atoms with E-state index in [0.717, 1.165) is 12.1 Å². The lowest BCUT2D eigenvalue weighted by atomic mass is 10.2. The van der Waals surface area contributed by atoms with Gasteiger partial charge < -0.3 is 9.84 Å². The van der Waals surface area contributed by atoms with E-state index in [1.807, 2.05) is 6.92 Å². The number of hydrogen-bond donors (Lipinski definition) is 1. The van der Waals surface area contributed by atoms with Gasteiger partial charge in [-0.2, -0.15) is 0 Å². The summed E-state index contributed by atoms with van der Waals surface area (Å²) in [6, 6.07) is 6.25. The summed E-state index contributed by atoms with van der Waals surface area (Å²) >= 11 is 0. The SMILES string of the molecule is CC[C@H](O)c1ccc(Oc2ccc([N+](=O)[O-])cc2F)cn1. The monoisotopic (exact) mass is 292 g/mol. The number of non-ortho nitro benzene ring substituents is 1. The second kappa shape index (κ2) is 6.27. The molecular weight excluding hydrogens is 279 g/mol. The van der Waals surface area contributed by atoms with Crippen molar-refractivity contribution in [3.63, 3.8) is 0 Å². The number of nitro groups is 1. The predicted molar refractivity (Wildman–Crippen MR) is 72.6 cm³/mol. The fourth-order valence-electron chi connectivity index (χ4n) is 1.67. The number of nitro benzene ring substituents is 1. The van der Waals surface area contributed by atoms with Crippen LogP contribution >= 0.6 is 0 Å². The fraction of sp³-hybridized carbons (Fsp3) is 0.214. The van der Waals surface area contributed by atoms with E-state index in [2.05, 4.69) is 4.98 Å². The molecule has 1 atom stereocenters. The van der Waals surface area contributed by atoms with Crippen molar-refractivity contribution in [3.05, 3.63) is 58.2 Å². The van der Waals surface area contributed by atoms with Gasteiger partial charge in [-0.15, -0.1) is 0 Å². The van der Waals surface area contributed by atoms with E-state index in [9.17, 15) is 19.6 Å². The van der Waals surface area contributed by atoms with Crippen molar-refractivity contribution in [2.24, 2.45) is 0 Å². The second-order valence-electron chi connectivity index (χ2n) is 4.32. The minimum absolute atomic E-state index is 0.133. The van der Waals surface area contributed by atoms with Crippen LogP contribution in [0.2, 0.25) is 0 Å². The summed E-state index contributed by atoms with van der Waals surface area (Å²) in [6.07, 6.45) is 1.23. The molecule has 21 heavy (non-hydrogen) atoms. The maximum atomic E-state index is 13.7. The molecule has 1 heterocycles. The molecule has 0 aliphatic heterocycles. The van der Waals surface area contributed by atoms with Gasteiger partial charge in [-0.25, -0.2) is 4.39 Å². The highest BCUT2D eigenvalue weighted by Gasteiger charge is 2.13. The number of ether oxygens (including phenoxy) is 1. The lowest BCUT2D eigenvalue weighted by Gasteiger charge is -2.09. The molecule has 0 aliphatic rings. The van der Waals surface area contributed by atoms with Crippen molar-refractivity contribution in [3.8, 4) is 11.5 Å². The lowest BCUT2D eigenvalue weighted by Crippen LogP contribution is -1.98. The predicted octanol–water partition coefficient (Wildman–Crippen LogP) is 3.36. The van der Waals surface area contributed by atoms with Crippen LogP contribution in [0.25, 0.3) is 0 Å². The zero-order valence-electron chi connectivity index (χ0n) is 11.2. The van der Waals surface area contributed by atoms with Crippen molar-refractivity contribution in [2.75, 3.05) is 0 Å². The number of aromatic nitrogens is 1. The number of rotatable bonds is 5. The summed E-state index contributed by atoms with van der Waals surface area (Å²) in [5, 5.41) is 20.1. The zero-order chi connectivity index (χ0) is 15.4. The highest BCUT2D eigenvalue weighted by atomic mass is 19.1. The minimum Gasteiger partial charge on any atom is -0.453 e. The Morgan fingerprint density at radius 1 is 1.43 bits per heavy atom. The minimum atomic E-state index is -0.832. The van der Waals surface area contributed by atoms with Crippen LogP contribution in [-0.2, 0) is 0 Å². The summed E-state index contributed by atoms with van der Waals surface area (Å²) in [7, 11) is 0. The largest absolute Gasteiger partial charge is 0.453 e. The van der Waals surface area contributed by atoms with E-state index in [-0.39, 0.29) is 17.2 Å². The van der Waals surface area contributed by atoms with E-state index < -0.39 is 16.8 Å². The van der Waals surface area contributed by atoms with Crippen molar-refractivity contribution in [2.45, 2.75) is 19.4 Å². The molecule has 1 aromatic carbocycles. The first kappa shape index (κ1) is 14.9. The Bertz CT molecular complexity index is 646. The van der Waals surface area contributed by atoms with E-state index in [0.29, 0.717) is 12.1 Å². The Kier molecular flexibility index (Phi) is 4.44. The van der Waals surface area contributed by atoms with Crippen molar-refractivity contribution in [1.29, 1.82) is 0 Å². The maximum Gasteiger partial charge on any atom is 0.272 e. The number of hydrogen-bond acceptors (Lipinski definition) is 5. The summed E-state index contributed by atoms with van der Waals surface area (Å²) < 4.78 is 18.9. The normalized spacial score (nSPS) is 12.0. The summed E-state index contributed by atoms with van der Waals surface area (Å²) in [5.41, 5.74) is 0.147. The van der Waals surface area contributed by atoms with Crippen LogP contribution < -0.4 is 4.74 Å². The first-order valence-electron chi connectivity index (χ1n) is 6.27. The number of pyridine rings is 1. The van der Waals surface area contributed by atoms with Gasteiger partial charge in [0, 0.05) is 6.07 Å². The lowest BCUT2D eigenvalue weighted by molar-refractivity contribution is -0.385. The summed E-state index contributed by atoms with van der Waals surface area (Å²) in [6.45, 7) is 1.82. The van der Waals surface area contributed by atoms with Gasteiger partial charge in [0.2, 0.25) is 0 Å². The second-order valence-corrected chi connectivity index (χ2v) is 4.32. The van der Waals surface area contributed by atoms with Crippen LogP contribution in [0.1, 0.15) is 25.1 Å². The van der Waals surface area contributed by atoms with Crippen LogP contribution in [0, 0.1) is 15.9 Å². The molecule has 0 radical (unpaired) electrons. The van der Waals surface area contributed by atoms with Crippen molar-refractivity contribution in [1.82, 2.24) is 4.98 Å². The molecule has 2 aromatic rings. The van der Waals surface area contributed by atoms with Gasteiger partial charge in [0.15, 0.2) is 11.6 Å². The zero-order valence-corrected chi connectivity index (χ0v) is 11.2. The van der Waals surface area contributed by atoms with Crippen LogP contribution in [0.4, 0.5) is 10.1 Å². The molecule has 0 unspecified atom stereocenters. The Balaban J connectivity index is 2.16. The quantitative estimate of drug-likeness (QED) is 0.674. The maximum absolute atomic E-state index is 13.7. The molecule has 2 rings (SSSR count). The Morgan fingerprint density at radius 3 is 2.71 bits per heavy atom. The van der Waals surface area contributed by atoms with E-state index >= 15 is 0 Å². The average Bonchev–Trinajstić information content (AvgIpc) is 2.49. The Hall–Kier alpha value is -2.54. The molecule has 0 aliphatic carbocycles. The first-order chi connectivity index (χ1) is 10.0. The molecule has 1 aromatic heterocycles. The number of nitrogens with zero attached hydrogens (tertiary/aromatic N) is 2. The van der Waals surface area contributed by atoms with Gasteiger partial charge in [0.1, 0.15) is 5.75 Å². The average molecular weight is 292 g/mol. The molecule has 6 nitrogen and oxygen atoms in total. The van der Waals surface area contributed by atoms with Gasteiger partial charge in [0.25, 0.3) is 5.69 Å². The van der Waals surface area contributed by atoms with E-state index in [1.54, 1.807) is 12.1 Å². The summed E-state index contributed by atoms with van der Waals surface area (Å²) in [5.74, 6) is -0.692. The molecule has 0 fully saturated rings. The molecule has 0 spiro atoms. The van der Waals surface area contributed by atoms with Crippen LogP contribution in [0.15, 0.2) is 36.5 Å². The van der Waals surface area contributed by atoms with Crippen LogP contribution in [0.5, 0.6) is 11.5 Å².